The maximum absolute atomic E-state index is 12.9. The van der Waals surface area contributed by atoms with Crippen LogP contribution in [0.15, 0.2) is 59.0 Å². The number of nitro benzene ring substituents is 1. The highest BCUT2D eigenvalue weighted by atomic mass is 19.1. The standard InChI is InChI=1S/C22H19FN2O8/c1-13(21(26)24-18-11-15(25(28)29)5-9-19(18)30-2)32-22(27)20-10-8-17(33-20)12-31-16-6-3-14(23)4-7-16/h3-11,13H,12H2,1-2H3,(H,24,26). The van der Waals surface area contributed by atoms with E-state index in [1.807, 2.05) is 0 Å². The molecule has 1 unspecified atom stereocenters. The van der Waals surface area contributed by atoms with Gasteiger partial charge in [-0.2, -0.15) is 0 Å². The third kappa shape index (κ3) is 6.06. The van der Waals surface area contributed by atoms with Crippen LogP contribution in [0.4, 0.5) is 15.8 Å². The molecule has 1 N–H and O–H groups in total. The number of rotatable bonds is 9. The quantitative estimate of drug-likeness (QED) is 0.288. The van der Waals surface area contributed by atoms with Gasteiger partial charge in [0.15, 0.2) is 6.10 Å². The minimum Gasteiger partial charge on any atom is -0.495 e. The molecule has 1 heterocycles. The number of non-ortho nitro benzene ring substituents is 1. The topological polar surface area (TPSA) is 130 Å². The highest BCUT2D eigenvalue weighted by molar-refractivity contribution is 5.97. The van der Waals surface area contributed by atoms with Crippen LogP contribution in [-0.2, 0) is 16.1 Å². The Morgan fingerprint density at radius 1 is 1.15 bits per heavy atom. The summed E-state index contributed by atoms with van der Waals surface area (Å²) in [6, 6.07) is 11.9. The van der Waals surface area contributed by atoms with Crippen LogP contribution in [0.1, 0.15) is 23.2 Å². The van der Waals surface area contributed by atoms with Crippen molar-refractivity contribution in [2.45, 2.75) is 19.6 Å². The first-order valence-electron chi connectivity index (χ1n) is 9.58. The zero-order chi connectivity index (χ0) is 24.0. The highest BCUT2D eigenvalue weighted by Crippen LogP contribution is 2.29. The lowest BCUT2D eigenvalue weighted by Crippen LogP contribution is -2.30. The van der Waals surface area contributed by atoms with Crippen LogP contribution in [0, 0.1) is 15.9 Å². The van der Waals surface area contributed by atoms with Gasteiger partial charge < -0.3 is 23.9 Å². The number of nitrogens with one attached hydrogen (secondary N) is 1. The van der Waals surface area contributed by atoms with Gasteiger partial charge in [0.1, 0.15) is 29.7 Å². The van der Waals surface area contributed by atoms with Crippen LogP contribution < -0.4 is 14.8 Å². The summed E-state index contributed by atoms with van der Waals surface area (Å²) in [7, 11) is 1.34. The molecule has 0 saturated carbocycles. The van der Waals surface area contributed by atoms with Crippen molar-refractivity contribution >= 4 is 23.3 Å². The van der Waals surface area contributed by atoms with Gasteiger partial charge in [-0.25, -0.2) is 9.18 Å². The van der Waals surface area contributed by atoms with E-state index >= 15 is 0 Å². The van der Waals surface area contributed by atoms with Crippen molar-refractivity contribution in [2.24, 2.45) is 0 Å². The molecule has 2 aromatic carbocycles. The Hall–Kier alpha value is -4.41. The summed E-state index contributed by atoms with van der Waals surface area (Å²) < 4.78 is 33.9. The number of nitrogens with zero attached hydrogens (tertiary/aromatic N) is 1. The Morgan fingerprint density at radius 2 is 1.88 bits per heavy atom. The molecule has 0 spiro atoms. The number of furan rings is 1. The van der Waals surface area contributed by atoms with Gasteiger partial charge in [-0.15, -0.1) is 0 Å². The van der Waals surface area contributed by atoms with E-state index in [-0.39, 0.29) is 29.5 Å². The van der Waals surface area contributed by atoms with Gasteiger partial charge in [0.2, 0.25) is 5.76 Å². The minimum atomic E-state index is -1.24. The Kier molecular flexibility index (Phi) is 7.24. The molecule has 3 aromatic rings. The molecule has 0 aliphatic rings. The SMILES string of the molecule is COc1ccc([N+](=O)[O-])cc1NC(=O)C(C)OC(=O)c1ccc(COc2ccc(F)cc2)o1. The molecule has 10 nitrogen and oxygen atoms in total. The molecule has 11 heteroatoms. The molecule has 0 radical (unpaired) electrons. The summed E-state index contributed by atoms with van der Waals surface area (Å²) >= 11 is 0. The summed E-state index contributed by atoms with van der Waals surface area (Å²) in [4.78, 5) is 35.1. The zero-order valence-electron chi connectivity index (χ0n) is 17.6. The molecule has 0 aliphatic carbocycles. The second-order valence-electron chi connectivity index (χ2n) is 6.69. The molecule has 0 saturated heterocycles. The van der Waals surface area contributed by atoms with Crippen molar-refractivity contribution < 1.29 is 37.5 Å². The maximum Gasteiger partial charge on any atom is 0.375 e. The predicted molar refractivity (Wildman–Crippen MR) is 113 cm³/mol. The fourth-order valence-corrected chi connectivity index (χ4v) is 2.66. The van der Waals surface area contributed by atoms with E-state index in [9.17, 15) is 24.1 Å². The van der Waals surface area contributed by atoms with Crippen LogP contribution in [0.5, 0.6) is 11.5 Å². The van der Waals surface area contributed by atoms with Crippen LogP contribution in [-0.4, -0.2) is 30.0 Å². The van der Waals surface area contributed by atoms with Gasteiger partial charge in [0.25, 0.3) is 11.6 Å². The lowest BCUT2D eigenvalue weighted by atomic mass is 10.2. The fourth-order valence-electron chi connectivity index (χ4n) is 2.66. The molecule has 33 heavy (non-hydrogen) atoms. The second-order valence-corrected chi connectivity index (χ2v) is 6.69. The van der Waals surface area contributed by atoms with E-state index in [0.29, 0.717) is 11.5 Å². The van der Waals surface area contributed by atoms with E-state index in [1.165, 1.54) is 62.6 Å². The first kappa shape index (κ1) is 23.3. The molecule has 1 amide bonds. The van der Waals surface area contributed by atoms with Crippen molar-refractivity contribution in [3.05, 3.63) is 82.0 Å². The predicted octanol–water partition coefficient (Wildman–Crippen LogP) is 4.10. The van der Waals surface area contributed by atoms with E-state index in [0.717, 1.165) is 6.07 Å². The van der Waals surface area contributed by atoms with E-state index in [2.05, 4.69) is 5.32 Å². The first-order chi connectivity index (χ1) is 15.8. The summed E-state index contributed by atoms with van der Waals surface area (Å²) in [5.41, 5.74) is -0.195. The van der Waals surface area contributed by atoms with Crippen LogP contribution in [0.2, 0.25) is 0 Å². The normalized spacial score (nSPS) is 11.4. The first-order valence-corrected chi connectivity index (χ1v) is 9.58. The molecular formula is C22H19FN2O8. The average Bonchev–Trinajstić information content (AvgIpc) is 3.27. The van der Waals surface area contributed by atoms with Gasteiger partial charge in [0.05, 0.1) is 17.7 Å². The number of benzene rings is 2. The number of carbonyl (C=O) groups excluding carboxylic acids is 2. The summed E-state index contributed by atoms with van der Waals surface area (Å²) in [5, 5.41) is 13.4. The van der Waals surface area contributed by atoms with Crippen molar-refractivity contribution in [3.8, 4) is 11.5 Å². The van der Waals surface area contributed by atoms with Crippen LogP contribution in [0.25, 0.3) is 0 Å². The summed E-state index contributed by atoms with van der Waals surface area (Å²) in [5.74, 6) is -1.24. The Bertz CT molecular complexity index is 1160. The fraction of sp³-hybridized carbons (Fsp3) is 0.182. The lowest BCUT2D eigenvalue weighted by Gasteiger charge is -2.14. The zero-order valence-corrected chi connectivity index (χ0v) is 17.6. The number of carbonyl (C=O) groups is 2. The third-order valence-corrected chi connectivity index (χ3v) is 4.36. The molecule has 172 valence electrons. The number of hydrogen-bond acceptors (Lipinski definition) is 8. The number of amides is 1. The smallest absolute Gasteiger partial charge is 0.375 e. The molecule has 3 rings (SSSR count). The molecule has 1 atom stereocenters. The van der Waals surface area contributed by atoms with Crippen LogP contribution >= 0.6 is 0 Å². The second kappa shape index (κ2) is 10.3. The summed E-state index contributed by atoms with van der Waals surface area (Å²) in [6.45, 7) is 1.32. The number of anilines is 1. The van der Waals surface area contributed by atoms with Gasteiger partial charge in [-0.05, 0) is 49.4 Å². The van der Waals surface area contributed by atoms with E-state index in [1.54, 1.807) is 0 Å². The number of nitro groups is 1. The lowest BCUT2D eigenvalue weighted by molar-refractivity contribution is -0.384. The van der Waals surface area contributed by atoms with E-state index in [4.69, 9.17) is 18.6 Å². The van der Waals surface area contributed by atoms with Crippen molar-refractivity contribution in [1.82, 2.24) is 0 Å². The molecular weight excluding hydrogens is 439 g/mol. The summed E-state index contributed by atoms with van der Waals surface area (Å²) in [6.07, 6.45) is -1.24. The van der Waals surface area contributed by atoms with E-state index < -0.39 is 28.7 Å². The number of esters is 1. The monoisotopic (exact) mass is 458 g/mol. The maximum atomic E-state index is 12.9. The van der Waals surface area contributed by atoms with Gasteiger partial charge in [-0.3, -0.25) is 14.9 Å². The van der Waals surface area contributed by atoms with Gasteiger partial charge in [0, 0.05) is 12.1 Å². The van der Waals surface area contributed by atoms with Gasteiger partial charge in [-0.1, -0.05) is 0 Å². The Morgan fingerprint density at radius 3 is 2.55 bits per heavy atom. The van der Waals surface area contributed by atoms with Crippen molar-refractivity contribution in [3.63, 3.8) is 0 Å². The van der Waals surface area contributed by atoms with Crippen molar-refractivity contribution in [1.29, 1.82) is 0 Å². The molecule has 1 aromatic heterocycles. The Balaban J connectivity index is 1.58. The van der Waals surface area contributed by atoms with Crippen molar-refractivity contribution in [2.75, 3.05) is 12.4 Å². The number of hydrogen-bond donors (Lipinski definition) is 1. The number of ether oxygens (including phenoxy) is 3. The third-order valence-electron chi connectivity index (χ3n) is 4.36. The number of methoxy groups -OCH3 is 1. The highest BCUT2D eigenvalue weighted by Gasteiger charge is 2.23. The molecule has 0 fully saturated rings. The largest absolute Gasteiger partial charge is 0.495 e. The molecule has 0 aliphatic heterocycles. The number of halogens is 1. The average molecular weight is 458 g/mol. The van der Waals surface area contributed by atoms with Gasteiger partial charge >= 0.3 is 5.97 Å². The van der Waals surface area contributed by atoms with Crippen LogP contribution in [0.3, 0.4) is 0 Å². The molecule has 0 bridgehead atoms. The Labute approximate surface area is 187 Å². The minimum absolute atomic E-state index is 0.0124.